The molecule has 150 valence electrons. The van der Waals surface area contributed by atoms with Gasteiger partial charge >= 0.3 is 0 Å². The fourth-order valence-electron chi connectivity index (χ4n) is 3.96. The molecule has 0 saturated carbocycles. The lowest BCUT2D eigenvalue weighted by Gasteiger charge is -2.29. The van der Waals surface area contributed by atoms with Crippen LogP contribution in [0.25, 0.3) is 0 Å². The number of hydrogen-bond acceptors (Lipinski definition) is 4. The average molecular weight is 375 g/mol. The van der Waals surface area contributed by atoms with Gasteiger partial charge in [-0.2, -0.15) is 0 Å². The van der Waals surface area contributed by atoms with Crippen LogP contribution in [0.4, 0.5) is 0 Å². The van der Waals surface area contributed by atoms with E-state index in [0.29, 0.717) is 19.1 Å². The Morgan fingerprint density at radius 2 is 2.07 bits per heavy atom. The van der Waals surface area contributed by atoms with Gasteiger partial charge in [0.15, 0.2) is 5.96 Å². The van der Waals surface area contributed by atoms with E-state index in [4.69, 9.17) is 9.47 Å². The van der Waals surface area contributed by atoms with E-state index < -0.39 is 0 Å². The molecule has 2 heterocycles. The lowest BCUT2D eigenvalue weighted by atomic mass is 10.00. The molecular weight excluding hydrogens is 340 g/mol. The van der Waals surface area contributed by atoms with E-state index in [9.17, 15) is 0 Å². The molecule has 6 heteroatoms. The first-order valence-electron chi connectivity index (χ1n) is 10.1. The van der Waals surface area contributed by atoms with E-state index in [2.05, 4.69) is 44.4 Å². The Balaban J connectivity index is 1.36. The highest BCUT2D eigenvalue weighted by Gasteiger charge is 2.25. The van der Waals surface area contributed by atoms with Crippen LogP contribution in [0.15, 0.2) is 29.3 Å². The van der Waals surface area contributed by atoms with Gasteiger partial charge in [0.2, 0.25) is 0 Å². The molecule has 0 radical (unpaired) electrons. The molecule has 1 aromatic rings. The SMILES string of the molecule is CN=C(NCCN1CCc2ccccc2C1)N1CCC(COCCOC)C1. The zero-order valence-electron chi connectivity index (χ0n) is 16.8. The standard InChI is InChI=1S/C21H34N4O2/c1-22-21(25-11-7-18(15-25)17-27-14-13-26-2)23-9-12-24-10-8-19-5-3-4-6-20(19)16-24/h3-6,18H,7-17H2,1-2H3,(H,22,23). The Hall–Kier alpha value is -1.63. The summed E-state index contributed by atoms with van der Waals surface area (Å²) in [5.41, 5.74) is 2.98. The van der Waals surface area contributed by atoms with Gasteiger partial charge in [0.05, 0.1) is 19.8 Å². The lowest BCUT2D eigenvalue weighted by molar-refractivity contribution is 0.0536. The smallest absolute Gasteiger partial charge is 0.193 e. The summed E-state index contributed by atoms with van der Waals surface area (Å²) >= 11 is 0. The molecule has 1 aromatic carbocycles. The summed E-state index contributed by atoms with van der Waals surface area (Å²) in [5.74, 6) is 1.60. The number of aliphatic imine (C=N–C) groups is 1. The fourth-order valence-corrected chi connectivity index (χ4v) is 3.96. The summed E-state index contributed by atoms with van der Waals surface area (Å²) in [4.78, 5) is 9.37. The molecule has 2 aliphatic rings. The summed E-state index contributed by atoms with van der Waals surface area (Å²) in [7, 11) is 3.58. The Morgan fingerprint density at radius 3 is 2.89 bits per heavy atom. The Bertz CT molecular complexity index is 608. The van der Waals surface area contributed by atoms with Crippen LogP contribution in [0, 0.1) is 5.92 Å². The van der Waals surface area contributed by atoms with Gasteiger partial charge in [-0.3, -0.25) is 9.89 Å². The number of ether oxygens (including phenoxy) is 2. The Morgan fingerprint density at radius 1 is 1.22 bits per heavy atom. The van der Waals surface area contributed by atoms with Crippen molar-refractivity contribution in [2.45, 2.75) is 19.4 Å². The van der Waals surface area contributed by atoms with Crippen LogP contribution in [0.5, 0.6) is 0 Å². The first-order chi connectivity index (χ1) is 13.3. The van der Waals surface area contributed by atoms with Gasteiger partial charge in [-0.05, 0) is 24.0 Å². The maximum absolute atomic E-state index is 5.69. The number of fused-ring (bicyclic) bond motifs is 1. The van der Waals surface area contributed by atoms with Crippen LogP contribution in [-0.2, 0) is 22.4 Å². The zero-order chi connectivity index (χ0) is 18.9. The molecule has 1 fully saturated rings. The Labute approximate surface area is 163 Å². The molecule has 1 unspecified atom stereocenters. The number of methoxy groups -OCH3 is 1. The summed E-state index contributed by atoms with van der Waals surface area (Å²) in [6.07, 6.45) is 2.32. The second kappa shape index (κ2) is 10.6. The number of nitrogens with zero attached hydrogens (tertiary/aromatic N) is 3. The normalized spacial score (nSPS) is 20.7. The van der Waals surface area contributed by atoms with Crippen molar-refractivity contribution in [2.75, 3.05) is 66.7 Å². The van der Waals surface area contributed by atoms with Crippen molar-refractivity contribution >= 4 is 5.96 Å². The van der Waals surface area contributed by atoms with Crippen molar-refractivity contribution in [3.8, 4) is 0 Å². The lowest BCUT2D eigenvalue weighted by Crippen LogP contribution is -2.44. The third kappa shape index (κ3) is 5.92. The molecule has 0 amide bonds. The fraction of sp³-hybridized carbons (Fsp3) is 0.667. The number of likely N-dealkylation sites (tertiary alicyclic amines) is 1. The highest BCUT2D eigenvalue weighted by Crippen LogP contribution is 2.18. The second-order valence-corrected chi connectivity index (χ2v) is 7.44. The van der Waals surface area contributed by atoms with Crippen LogP contribution in [0.2, 0.25) is 0 Å². The summed E-state index contributed by atoms with van der Waals surface area (Å²) in [6, 6.07) is 8.81. The molecule has 0 spiro atoms. The minimum Gasteiger partial charge on any atom is -0.382 e. The highest BCUT2D eigenvalue weighted by atomic mass is 16.5. The van der Waals surface area contributed by atoms with Crippen molar-refractivity contribution in [1.29, 1.82) is 0 Å². The first-order valence-corrected chi connectivity index (χ1v) is 10.1. The van der Waals surface area contributed by atoms with Crippen molar-refractivity contribution < 1.29 is 9.47 Å². The van der Waals surface area contributed by atoms with Gasteiger partial charge in [0.25, 0.3) is 0 Å². The molecule has 27 heavy (non-hydrogen) atoms. The number of nitrogens with one attached hydrogen (secondary N) is 1. The Kier molecular flexibility index (Phi) is 7.93. The van der Waals surface area contributed by atoms with E-state index in [-0.39, 0.29) is 0 Å². The van der Waals surface area contributed by atoms with Gasteiger partial charge in [0.1, 0.15) is 0 Å². The predicted octanol–water partition coefficient (Wildman–Crippen LogP) is 1.60. The predicted molar refractivity (Wildman–Crippen MR) is 109 cm³/mol. The largest absolute Gasteiger partial charge is 0.382 e. The van der Waals surface area contributed by atoms with E-state index in [1.807, 2.05) is 7.05 Å². The molecule has 0 aliphatic carbocycles. The van der Waals surface area contributed by atoms with E-state index in [1.54, 1.807) is 7.11 Å². The second-order valence-electron chi connectivity index (χ2n) is 7.44. The maximum atomic E-state index is 5.69. The molecule has 3 rings (SSSR count). The third-order valence-corrected chi connectivity index (χ3v) is 5.50. The van der Waals surface area contributed by atoms with Crippen LogP contribution in [0.3, 0.4) is 0 Å². The topological polar surface area (TPSA) is 49.3 Å². The molecule has 2 aliphatic heterocycles. The van der Waals surface area contributed by atoms with Crippen LogP contribution < -0.4 is 5.32 Å². The summed E-state index contributed by atoms with van der Waals surface area (Å²) in [6.45, 7) is 8.40. The first kappa shape index (κ1) is 20.1. The summed E-state index contributed by atoms with van der Waals surface area (Å²) < 4.78 is 10.7. The van der Waals surface area contributed by atoms with Crippen LogP contribution in [-0.4, -0.2) is 82.5 Å². The van der Waals surface area contributed by atoms with E-state index in [1.165, 1.54) is 11.1 Å². The minimum atomic E-state index is 0.582. The van der Waals surface area contributed by atoms with Crippen molar-refractivity contribution in [3.05, 3.63) is 35.4 Å². The van der Waals surface area contributed by atoms with Crippen molar-refractivity contribution in [1.82, 2.24) is 15.1 Å². The van der Waals surface area contributed by atoms with Crippen molar-refractivity contribution in [2.24, 2.45) is 10.9 Å². The quantitative estimate of drug-likeness (QED) is 0.426. The number of benzene rings is 1. The van der Waals surface area contributed by atoms with Gasteiger partial charge in [-0.25, -0.2) is 0 Å². The monoisotopic (exact) mass is 374 g/mol. The van der Waals surface area contributed by atoms with Crippen molar-refractivity contribution in [3.63, 3.8) is 0 Å². The van der Waals surface area contributed by atoms with Gasteiger partial charge in [-0.15, -0.1) is 0 Å². The molecular formula is C21H34N4O2. The van der Waals surface area contributed by atoms with Gasteiger partial charge in [0, 0.05) is 59.3 Å². The van der Waals surface area contributed by atoms with E-state index >= 15 is 0 Å². The minimum absolute atomic E-state index is 0.582. The number of guanidine groups is 1. The highest BCUT2D eigenvalue weighted by molar-refractivity contribution is 5.80. The molecule has 1 saturated heterocycles. The molecule has 0 bridgehead atoms. The van der Waals surface area contributed by atoms with Crippen LogP contribution >= 0.6 is 0 Å². The molecule has 1 atom stereocenters. The number of rotatable bonds is 8. The molecule has 1 N–H and O–H groups in total. The zero-order valence-corrected chi connectivity index (χ0v) is 16.8. The maximum Gasteiger partial charge on any atom is 0.193 e. The summed E-state index contributed by atoms with van der Waals surface area (Å²) in [5, 5.41) is 3.55. The van der Waals surface area contributed by atoms with Crippen LogP contribution in [0.1, 0.15) is 17.5 Å². The molecule has 0 aromatic heterocycles. The molecule has 6 nitrogen and oxygen atoms in total. The van der Waals surface area contributed by atoms with Gasteiger partial charge < -0.3 is 19.7 Å². The van der Waals surface area contributed by atoms with Gasteiger partial charge in [-0.1, -0.05) is 24.3 Å². The third-order valence-electron chi connectivity index (χ3n) is 5.50. The average Bonchev–Trinajstić information content (AvgIpc) is 3.17. The van der Waals surface area contributed by atoms with E-state index in [0.717, 1.165) is 64.7 Å². The number of hydrogen-bond donors (Lipinski definition) is 1.